The number of hydrogen-bond donors (Lipinski definition) is 3. The Balaban J connectivity index is 1.49. The van der Waals surface area contributed by atoms with E-state index in [9.17, 15) is 27.6 Å². The van der Waals surface area contributed by atoms with Gasteiger partial charge in [-0.2, -0.15) is 13.2 Å². The third-order valence-corrected chi connectivity index (χ3v) is 7.68. The molecular weight excluding hydrogens is 619 g/mol. The van der Waals surface area contributed by atoms with Crippen LogP contribution in [0.1, 0.15) is 61.2 Å². The fourth-order valence-corrected chi connectivity index (χ4v) is 4.95. The summed E-state index contributed by atoms with van der Waals surface area (Å²) in [6.07, 6.45) is -4.16. The molecule has 1 atom stereocenters. The summed E-state index contributed by atoms with van der Waals surface area (Å²) in [5.74, 6) is -1.21. The number of halogens is 3. The summed E-state index contributed by atoms with van der Waals surface area (Å²) >= 11 is 0. The lowest BCUT2D eigenvalue weighted by molar-refractivity contribution is -0.143. The van der Waals surface area contributed by atoms with Crippen LogP contribution in [0.4, 0.5) is 24.5 Å². The van der Waals surface area contributed by atoms with Gasteiger partial charge in [-0.1, -0.05) is 69.3 Å². The van der Waals surface area contributed by atoms with Gasteiger partial charge in [-0.15, -0.1) is 0 Å². The first-order valence-corrected chi connectivity index (χ1v) is 15.7. The molecule has 48 heavy (non-hydrogen) atoms. The molecule has 0 unspecified atom stereocenters. The standard InChI is InChI=1S/C38H40F3N3O4/c1-5-48-34(45)22-23-42-35(46)28-12-18-31(19-13-28)43-33(36(47)44-32-20-16-30(17-21-32)38(39,40)41)24-25-6-8-26(9-7-25)27-10-14-29(15-11-27)37(2,3)4/h6-21,33,43H,5,22-24H2,1-4H3,(H,42,46)(H,44,47)/t33-/m1/s1. The van der Waals surface area contributed by atoms with E-state index in [1.165, 1.54) is 17.7 Å². The Morgan fingerprint density at radius 2 is 1.27 bits per heavy atom. The van der Waals surface area contributed by atoms with Crippen molar-refractivity contribution in [3.63, 3.8) is 0 Å². The zero-order chi connectivity index (χ0) is 34.9. The first-order chi connectivity index (χ1) is 22.7. The molecule has 252 valence electrons. The second kappa shape index (κ2) is 15.6. The lowest BCUT2D eigenvalue weighted by atomic mass is 9.86. The Bertz CT molecular complexity index is 1680. The van der Waals surface area contributed by atoms with Crippen molar-refractivity contribution in [2.24, 2.45) is 0 Å². The van der Waals surface area contributed by atoms with Crippen molar-refractivity contribution in [2.45, 2.75) is 58.2 Å². The van der Waals surface area contributed by atoms with E-state index in [1.807, 2.05) is 24.3 Å². The van der Waals surface area contributed by atoms with E-state index in [2.05, 4.69) is 61.0 Å². The Morgan fingerprint density at radius 1 is 0.729 bits per heavy atom. The van der Waals surface area contributed by atoms with Gasteiger partial charge in [-0.05, 0) is 83.1 Å². The second-order valence-corrected chi connectivity index (χ2v) is 12.4. The molecule has 4 rings (SSSR count). The number of hydrogen-bond acceptors (Lipinski definition) is 5. The monoisotopic (exact) mass is 659 g/mol. The smallest absolute Gasteiger partial charge is 0.416 e. The number of anilines is 2. The minimum Gasteiger partial charge on any atom is -0.466 e. The lowest BCUT2D eigenvalue weighted by Crippen LogP contribution is -2.36. The number of rotatable bonds is 12. The molecule has 0 aliphatic rings. The highest BCUT2D eigenvalue weighted by atomic mass is 19.4. The van der Waals surface area contributed by atoms with E-state index >= 15 is 0 Å². The predicted molar refractivity (Wildman–Crippen MR) is 182 cm³/mol. The predicted octanol–water partition coefficient (Wildman–Crippen LogP) is 8.01. The lowest BCUT2D eigenvalue weighted by Gasteiger charge is -2.21. The van der Waals surface area contributed by atoms with Gasteiger partial charge in [0, 0.05) is 29.9 Å². The number of carbonyl (C=O) groups is 3. The van der Waals surface area contributed by atoms with Gasteiger partial charge in [0.25, 0.3) is 5.91 Å². The number of carbonyl (C=O) groups excluding carboxylic acids is 3. The van der Waals surface area contributed by atoms with Gasteiger partial charge in [0.15, 0.2) is 0 Å². The Morgan fingerprint density at radius 3 is 1.81 bits per heavy atom. The van der Waals surface area contributed by atoms with Gasteiger partial charge in [0.1, 0.15) is 6.04 Å². The Hall–Kier alpha value is -5.12. The molecule has 0 saturated carbocycles. The van der Waals surface area contributed by atoms with Crippen molar-refractivity contribution in [1.29, 1.82) is 0 Å². The van der Waals surface area contributed by atoms with Gasteiger partial charge in [-0.3, -0.25) is 14.4 Å². The topological polar surface area (TPSA) is 96.5 Å². The van der Waals surface area contributed by atoms with Crippen molar-refractivity contribution in [3.8, 4) is 11.1 Å². The van der Waals surface area contributed by atoms with Gasteiger partial charge >= 0.3 is 12.1 Å². The van der Waals surface area contributed by atoms with E-state index in [0.29, 0.717) is 11.3 Å². The summed E-state index contributed by atoms with van der Waals surface area (Å²) < 4.78 is 44.0. The average Bonchev–Trinajstić information content (AvgIpc) is 3.04. The maximum Gasteiger partial charge on any atom is 0.416 e. The quantitative estimate of drug-likeness (QED) is 0.134. The number of esters is 1. The van der Waals surface area contributed by atoms with E-state index < -0.39 is 29.7 Å². The third kappa shape index (κ3) is 10.2. The second-order valence-electron chi connectivity index (χ2n) is 12.4. The Kier molecular flexibility index (Phi) is 11.6. The minimum absolute atomic E-state index is 0.0451. The van der Waals surface area contributed by atoms with Gasteiger partial charge in [0.2, 0.25) is 5.91 Å². The van der Waals surface area contributed by atoms with Crippen LogP contribution in [0.2, 0.25) is 0 Å². The first kappa shape index (κ1) is 35.7. The molecule has 0 spiro atoms. The summed E-state index contributed by atoms with van der Waals surface area (Å²) in [4.78, 5) is 37.6. The van der Waals surface area contributed by atoms with Crippen LogP contribution in [0.3, 0.4) is 0 Å². The van der Waals surface area contributed by atoms with Crippen molar-refractivity contribution in [2.75, 3.05) is 23.8 Å². The summed E-state index contributed by atoms with van der Waals surface area (Å²) in [5.41, 5.74) is 4.56. The van der Waals surface area contributed by atoms with Crippen molar-refractivity contribution >= 4 is 29.2 Å². The molecular formula is C38H40F3N3O4. The number of benzene rings is 4. The molecule has 0 bridgehead atoms. The summed E-state index contributed by atoms with van der Waals surface area (Å²) in [6.45, 7) is 8.59. The number of amides is 2. The molecule has 0 aliphatic carbocycles. The maximum atomic E-state index is 13.5. The molecule has 0 heterocycles. The largest absolute Gasteiger partial charge is 0.466 e. The number of nitrogens with one attached hydrogen (secondary N) is 3. The zero-order valence-electron chi connectivity index (χ0n) is 27.4. The minimum atomic E-state index is -4.49. The van der Waals surface area contributed by atoms with Gasteiger partial charge in [-0.25, -0.2) is 0 Å². The summed E-state index contributed by atoms with van der Waals surface area (Å²) in [5, 5.41) is 8.59. The van der Waals surface area contributed by atoms with E-state index in [4.69, 9.17) is 4.74 Å². The van der Waals surface area contributed by atoms with Crippen LogP contribution in [-0.2, 0) is 32.3 Å². The summed E-state index contributed by atoms with van der Waals surface area (Å²) in [7, 11) is 0. The average molecular weight is 660 g/mol. The number of alkyl halides is 3. The maximum absolute atomic E-state index is 13.5. The van der Waals surface area contributed by atoms with Crippen molar-refractivity contribution < 1.29 is 32.3 Å². The molecule has 0 fully saturated rings. The molecule has 0 aliphatic heterocycles. The molecule has 0 aromatic heterocycles. The first-order valence-electron chi connectivity index (χ1n) is 15.7. The van der Waals surface area contributed by atoms with Crippen molar-refractivity contribution in [1.82, 2.24) is 5.32 Å². The molecule has 4 aromatic rings. The molecule has 2 amide bonds. The third-order valence-electron chi connectivity index (χ3n) is 7.68. The highest BCUT2D eigenvalue weighted by Gasteiger charge is 2.30. The van der Waals surface area contributed by atoms with Crippen LogP contribution in [0.5, 0.6) is 0 Å². The highest BCUT2D eigenvalue weighted by molar-refractivity contribution is 5.97. The molecule has 4 aromatic carbocycles. The van der Waals surface area contributed by atoms with Gasteiger partial charge in [0.05, 0.1) is 18.6 Å². The van der Waals surface area contributed by atoms with Crippen LogP contribution >= 0.6 is 0 Å². The normalized spacial score (nSPS) is 12.1. The fourth-order valence-electron chi connectivity index (χ4n) is 4.95. The summed E-state index contributed by atoms with van der Waals surface area (Å²) in [6, 6.07) is 26.2. The molecule has 10 heteroatoms. The van der Waals surface area contributed by atoms with E-state index in [0.717, 1.165) is 28.8 Å². The Labute approximate surface area is 278 Å². The molecule has 7 nitrogen and oxygen atoms in total. The van der Waals surface area contributed by atoms with Crippen LogP contribution in [0, 0.1) is 0 Å². The van der Waals surface area contributed by atoms with Crippen LogP contribution in [0.15, 0.2) is 97.1 Å². The zero-order valence-corrected chi connectivity index (χ0v) is 27.4. The fraction of sp³-hybridized carbons (Fsp3) is 0.289. The SMILES string of the molecule is CCOC(=O)CCNC(=O)c1ccc(N[C@H](Cc2ccc(-c3ccc(C(C)(C)C)cc3)cc2)C(=O)Nc2ccc(C(F)(F)F)cc2)cc1. The van der Waals surface area contributed by atoms with E-state index in [-0.39, 0.29) is 43.0 Å². The van der Waals surface area contributed by atoms with E-state index in [1.54, 1.807) is 31.2 Å². The van der Waals surface area contributed by atoms with Crippen LogP contribution in [0.25, 0.3) is 11.1 Å². The molecule has 0 radical (unpaired) electrons. The molecule has 0 saturated heterocycles. The van der Waals surface area contributed by atoms with Crippen molar-refractivity contribution in [3.05, 3.63) is 119 Å². The van der Waals surface area contributed by atoms with Gasteiger partial charge < -0.3 is 20.7 Å². The molecule has 3 N–H and O–H groups in total. The highest BCUT2D eigenvalue weighted by Crippen LogP contribution is 2.30. The van der Waals surface area contributed by atoms with Crippen LogP contribution in [-0.4, -0.2) is 37.0 Å². The number of ether oxygens (including phenoxy) is 1. The van der Waals surface area contributed by atoms with Crippen LogP contribution < -0.4 is 16.0 Å².